The molecule has 2 rings (SSSR count). The van der Waals surface area contributed by atoms with Crippen molar-refractivity contribution in [2.75, 3.05) is 32.7 Å². The zero-order valence-electron chi connectivity index (χ0n) is 13.7. The second-order valence-corrected chi connectivity index (χ2v) is 5.64. The summed E-state index contributed by atoms with van der Waals surface area (Å²) in [5.74, 6) is 0.610. The van der Waals surface area contributed by atoms with Crippen molar-refractivity contribution in [1.82, 2.24) is 15.5 Å². The Morgan fingerprint density at radius 3 is 2.78 bits per heavy atom. The number of nitrogens with zero attached hydrogens (tertiary/aromatic N) is 2. The Balaban J connectivity index is 1.76. The number of aliphatic imine (C=N–C) groups is 1. The van der Waals surface area contributed by atoms with Gasteiger partial charge in [0.05, 0.1) is 6.10 Å². The summed E-state index contributed by atoms with van der Waals surface area (Å²) in [6, 6.07) is 10.1. The van der Waals surface area contributed by atoms with Crippen molar-refractivity contribution in [2.24, 2.45) is 4.99 Å². The van der Waals surface area contributed by atoms with Crippen molar-refractivity contribution in [2.45, 2.75) is 25.9 Å². The highest BCUT2D eigenvalue weighted by atomic mass is 16.3. The van der Waals surface area contributed by atoms with Gasteiger partial charge in [0.15, 0.2) is 5.96 Å². The number of likely N-dealkylation sites (tertiary alicyclic amines) is 1. The molecule has 1 fully saturated rings. The van der Waals surface area contributed by atoms with E-state index >= 15 is 0 Å². The van der Waals surface area contributed by atoms with E-state index in [0.29, 0.717) is 19.0 Å². The predicted octanol–water partition coefficient (Wildman–Crippen LogP) is 0.377. The third-order valence-corrected chi connectivity index (χ3v) is 3.75. The van der Waals surface area contributed by atoms with E-state index in [1.54, 1.807) is 0 Å². The van der Waals surface area contributed by atoms with Crippen molar-refractivity contribution in [1.29, 1.82) is 0 Å². The molecule has 0 unspecified atom stereocenters. The highest BCUT2D eigenvalue weighted by molar-refractivity contribution is 5.85. The number of guanidine groups is 1. The second-order valence-electron chi connectivity index (χ2n) is 5.64. The minimum Gasteiger partial charge on any atom is -0.391 e. The van der Waals surface area contributed by atoms with Crippen LogP contribution < -0.4 is 10.6 Å². The fourth-order valence-corrected chi connectivity index (χ4v) is 2.55. The number of hydrogen-bond acceptors (Lipinski definition) is 3. The number of hydrogen-bond donors (Lipinski definition) is 3. The van der Waals surface area contributed by atoms with Gasteiger partial charge in [0.2, 0.25) is 5.91 Å². The Hall–Kier alpha value is -2.08. The fourth-order valence-electron chi connectivity index (χ4n) is 2.55. The highest BCUT2D eigenvalue weighted by Crippen LogP contribution is 2.08. The summed E-state index contributed by atoms with van der Waals surface area (Å²) in [6.07, 6.45) is 1.25. The average Bonchev–Trinajstić information content (AvgIpc) is 2.99. The minimum atomic E-state index is -0.307. The molecular formula is C17H26N4O2. The summed E-state index contributed by atoms with van der Waals surface area (Å²) in [4.78, 5) is 18.3. The third-order valence-electron chi connectivity index (χ3n) is 3.75. The number of aliphatic hydroxyl groups is 1. The molecule has 1 aliphatic heterocycles. The van der Waals surface area contributed by atoms with Gasteiger partial charge in [-0.15, -0.1) is 0 Å². The van der Waals surface area contributed by atoms with Crippen LogP contribution in [-0.4, -0.2) is 60.7 Å². The summed E-state index contributed by atoms with van der Waals surface area (Å²) in [5, 5.41) is 15.7. The number of benzene rings is 1. The molecule has 0 saturated carbocycles. The van der Waals surface area contributed by atoms with Gasteiger partial charge >= 0.3 is 0 Å². The van der Waals surface area contributed by atoms with Crippen LogP contribution in [0.1, 0.15) is 18.9 Å². The zero-order valence-corrected chi connectivity index (χ0v) is 13.7. The van der Waals surface area contributed by atoms with Crippen molar-refractivity contribution in [3.05, 3.63) is 35.9 Å². The first-order valence-corrected chi connectivity index (χ1v) is 8.21. The van der Waals surface area contributed by atoms with Crippen LogP contribution in [0.5, 0.6) is 0 Å². The normalized spacial score (nSPS) is 18.1. The number of nitrogens with one attached hydrogen (secondary N) is 2. The van der Waals surface area contributed by atoms with Crippen molar-refractivity contribution in [3.8, 4) is 0 Å². The number of amides is 1. The molecule has 0 spiro atoms. The molecule has 6 heteroatoms. The van der Waals surface area contributed by atoms with E-state index in [4.69, 9.17) is 0 Å². The van der Waals surface area contributed by atoms with Gasteiger partial charge in [0, 0.05) is 26.2 Å². The van der Waals surface area contributed by atoms with Gasteiger partial charge in [-0.05, 0) is 25.3 Å². The zero-order chi connectivity index (χ0) is 16.5. The molecule has 1 atom stereocenters. The van der Waals surface area contributed by atoms with Crippen molar-refractivity contribution >= 4 is 11.9 Å². The van der Waals surface area contributed by atoms with E-state index in [1.807, 2.05) is 42.2 Å². The maximum atomic E-state index is 11.9. The number of carbonyl (C=O) groups excluding carboxylic acids is 1. The lowest BCUT2D eigenvalue weighted by molar-refractivity contribution is -0.119. The smallest absolute Gasteiger partial charge is 0.241 e. The first kappa shape index (κ1) is 17.3. The van der Waals surface area contributed by atoms with E-state index < -0.39 is 0 Å². The summed E-state index contributed by atoms with van der Waals surface area (Å²) in [5.41, 5.74) is 1.20. The Morgan fingerprint density at radius 2 is 2.13 bits per heavy atom. The van der Waals surface area contributed by atoms with E-state index in [0.717, 1.165) is 25.9 Å². The first-order chi connectivity index (χ1) is 11.2. The maximum Gasteiger partial charge on any atom is 0.241 e. The van der Waals surface area contributed by atoms with Crippen LogP contribution in [-0.2, 0) is 11.2 Å². The second kappa shape index (κ2) is 9.15. The highest BCUT2D eigenvalue weighted by Gasteiger charge is 2.22. The topological polar surface area (TPSA) is 77.0 Å². The molecule has 1 heterocycles. The summed E-state index contributed by atoms with van der Waals surface area (Å²) in [6.45, 7) is 4.77. The first-order valence-electron chi connectivity index (χ1n) is 8.21. The van der Waals surface area contributed by atoms with Crippen LogP contribution in [0.15, 0.2) is 35.3 Å². The van der Waals surface area contributed by atoms with Crippen LogP contribution in [0.2, 0.25) is 0 Å². The molecule has 0 bridgehead atoms. The van der Waals surface area contributed by atoms with Gasteiger partial charge in [0.1, 0.15) is 6.54 Å². The Kier molecular flexibility index (Phi) is 6.87. The van der Waals surface area contributed by atoms with Crippen molar-refractivity contribution in [3.63, 3.8) is 0 Å². The van der Waals surface area contributed by atoms with Crippen LogP contribution >= 0.6 is 0 Å². The molecule has 6 nitrogen and oxygen atoms in total. The summed E-state index contributed by atoms with van der Waals surface area (Å²) >= 11 is 0. The van der Waals surface area contributed by atoms with E-state index in [1.165, 1.54) is 5.56 Å². The maximum absolute atomic E-state index is 11.9. The molecule has 126 valence electrons. The molecular weight excluding hydrogens is 292 g/mol. The minimum absolute atomic E-state index is 0.0870. The lowest BCUT2D eigenvalue weighted by Gasteiger charge is -2.20. The summed E-state index contributed by atoms with van der Waals surface area (Å²) < 4.78 is 0. The standard InChI is InChI=1S/C17H26N4O2/c1-2-18-17(21-11-9-15(22)13-21)20-12-16(23)19-10-8-14-6-4-3-5-7-14/h3-7,15,22H,2,8-13H2,1H3,(H,18,20)(H,19,23)/t15-/m1/s1. The van der Waals surface area contributed by atoms with E-state index in [-0.39, 0.29) is 18.6 Å². The number of aliphatic hydroxyl groups excluding tert-OH is 1. The van der Waals surface area contributed by atoms with E-state index in [9.17, 15) is 9.90 Å². The van der Waals surface area contributed by atoms with Crippen LogP contribution in [0, 0.1) is 0 Å². The van der Waals surface area contributed by atoms with Gasteiger partial charge in [0.25, 0.3) is 0 Å². The largest absolute Gasteiger partial charge is 0.391 e. The predicted molar refractivity (Wildman–Crippen MR) is 91.3 cm³/mol. The Morgan fingerprint density at radius 1 is 1.35 bits per heavy atom. The lowest BCUT2D eigenvalue weighted by Crippen LogP contribution is -2.41. The van der Waals surface area contributed by atoms with Crippen molar-refractivity contribution < 1.29 is 9.90 Å². The molecule has 1 aromatic carbocycles. The van der Waals surface area contributed by atoms with Gasteiger partial charge in [-0.3, -0.25) is 4.79 Å². The van der Waals surface area contributed by atoms with Crippen LogP contribution in [0.25, 0.3) is 0 Å². The molecule has 3 N–H and O–H groups in total. The Labute approximate surface area is 137 Å². The van der Waals surface area contributed by atoms with E-state index in [2.05, 4.69) is 15.6 Å². The number of carbonyl (C=O) groups is 1. The SMILES string of the molecule is CCNC(=NCC(=O)NCCc1ccccc1)N1CC[C@@H](O)C1. The quantitative estimate of drug-likeness (QED) is 0.523. The number of rotatable bonds is 6. The van der Waals surface area contributed by atoms with Gasteiger partial charge in [-0.25, -0.2) is 4.99 Å². The molecule has 1 amide bonds. The number of β-amino-alcohol motifs (C(OH)–C–C–N with tert-alkyl or cyclic N) is 1. The van der Waals surface area contributed by atoms with Crippen LogP contribution in [0.3, 0.4) is 0 Å². The van der Waals surface area contributed by atoms with Crippen LogP contribution in [0.4, 0.5) is 0 Å². The van der Waals surface area contributed by atoms with Gasteiger partial charge in [-0.1, -0.05) is 30.3 Å². The average molecular weight is 318 g/mol. The third kappa shape index (κ3) is 5.90. The fraction of sp³-hybridized carbons (Fsp3) is 0.529. The molecule has 0 aliphatic carbocycles. The summed E-state index contributed by atoms with van der Waals surface area (Å²) in [7, 11) is 0. The monoisotopic (exact) mass is 318 g/mol. The molecule has 1 aromatic rings. The molecule has 0 aromatic heterocycles. The molecule has 23 heavy (non-hydrogen) atoms. The molecule has 1 saturated heterocycles. The van der Waals surface area contributed by atoms with Gasteiger partial charge in [-0.2, -0.15) is 0 Å². The molecule has 1 aliphatic rings. The lowest BCUT2D eigenvalue weighted by atomic mass is 10.1. The Bertz CT molecular complexity index is 519. The van der Waals surface area contributed by atoms with Gasteiger partial charge < -0.3 is 20.6 Å². The molecule has 0 radical (unpaired) electrons.